The van der Waals surface area contributed by atoms with Crippen molar-refractivity contribution in [3.63, 3.8) is 0 Å². The van der Waals surface area contributed by atoms with Gasteiger partial charge in [0.05, 0.1) is 10.2 Å². The Kier molecular flexibility index (Phi) is 33.5. The fourth-order valence-electron chi connectivity index (χ4n) is 6.05. The number of hydrogen-bond acceptors (Lipinski definition) is 12. The first-order valence-corrected chi connectivity index (χ1v) is 17.8. The Bertz CT molecular complexity index is 1270. The predicted octanol–water partition coefficient (Wildman–Crippen LogP) is 4.60. The summed E-state index contributed by atoms with van der Waals surface area (Å²) >= 11 is 0. The molecule has 0 atom stereocenters. The Labute approximate surface area is 341 Å². The van der Waals surface area contributed by atoms with Crippen LogP contribution in [0.5, 0.6) is 0 Å². The molecule has 1 heterocycles. The fraction of sp³-hybridized carbons (Fsp3) is 0.400. The van der Waals surface area contributed by atoms with Gasteiger partial charge in [-0.25, -0.2) is 0 Å². The molecule has 0 spiro atoms. The van der Waals surface area contributed by atoms with Gasteiger partial charge in [-0.3, -0.25) is 19.6 Å². The van der Waals surface area contributed by atoms with Crippen LogP contribution in [0.4, 0.5) is 0 Å². The van der Waals surface area contributed by atoms with Gasteiger partial charge in [-0.1, -0.05) is 121 Å². The van der Waals surface area contributed by atoms with Gasteiger partial charge in [-0.15, -0.1) is 0 Å². The molecule has 0 unspecified atom stereocenters. The van der Waals surface area contributed by atoms with E-state index in [-0.39, 0.29) is 22.5 Å². The molecule has 1 aliphatic rings. The van der Waals surface area contributed by atoms with Crippen LogP contribution < -0.4 is 0 Å². The summed E-state index contributed by atoms with van der Waals surface area (Å²) in [6.07, 6.45) is 2.36. The Morgan fingerprint density at radius 1 is 0.411 bits per heavy atom. The Morgan fingerprint density at radius 2 is 0.571 bits per heavy atom. The fourth-order valence-corrected chi connectivity index (χ4v) is 6.05. The van der Waals surface area contributed by atoms with Crippen molar-refractivity contribution in [1.82, 2.24) is 19.6 Å². The second kappa shape index (κ2) is 35.0. The second-order valence-corrected chi connectivity index (χ2v) is 12.2. The number of nitrogens with zero attached hydrogens (tertiary/aromatic N) is 6. The van der Waals surface area contributed by atoms with Crippen molar-refractivity contribution in [2.24, 2.45) is 0 Å². The molecule has 0 amide bonds. The minimum Gasteiger partial charge on any atom is -0.457 e. The van der Waals surface area contributed by atoms with Crippen LogP contribution in [-0.4, -0.2) is 107 Å². The molecular formula is C40H59CuN6O9+. The molecule has 5 N–H and O–H groups in total. The first-order valence-electron chi connectivity index (χ1n) is 17.8. The van der Waals surface area contributed by atoms with Crippen LogP contribution in [0.2, 0.25) is 0 Å². The third kappa shape index (κ3) is 27.2. The topological polar surface area (TPSA) is 219 Å². The van der Waals surface area contributed by atoms with Crippen LogP contribution in [0.25, 0.3) is 0 Å². The van der Waals surface area contributed by atoms with Gasteiger partial charge in [0.2, 0.25) is 0 Å². The molecule has 16 heteroatoms. The van der Waals surface area contributed by atoms with E-state index >= 15 is 0 Å². The summed E-state index contributed by atoms with van der Waals surface area (Å²) in [7, 11) is 2.00. The van der Waals surface area contributed by atoms with Crippen molar-refractivity contribution in [3.8, 4) is 0 Å². The molecule has 0 aliphatic carbocycles. The van der Waals surface area contributed by atoms with E-state index in [0.29, 0.717) is 0 Å². The molecule has 1 radical (unpaired) electrons. The van der Waals surface area contributed by atoms with Crippen LogP contribution in [-0.2, 0) is 48.7 Å². The van der Waals surface area contributed by atoms with Gasteiger partial charge in [0, 0.05) is 66.6 Å². The van der Waals surface area contributed by atoms with Gasteiger partial charge in [0.25, 0.3) is 0 Å². The number of aliphatic hydroxyl groups excluding tert-OH is 2. The average molecular weight is 831 g/mol. The van der Waals surface area contributed by atoms with Gasteiger partial charge in [0.15, 0.2) is 0 Å². The van der Waals surface area contributed by atoms with E-state index in [0.717, 1.165) is 92.8 Å². The summed E-state index contributed by atoms with van der Waals surface area (Å²) in [4.78, 5) is 27.2. The maximum absolute atomic E-state index is 8.25. The minimum absolute atomic E-state index is 0. The van der Waals surface area contributed by atoms with Gasteiger partial charge in [0.1, 0.15) is 0 Å². The van der Waals surface area contributed by atoms with Crippen LogP contribution in [0, 0.1) is 30.6 Å². The maximum Gasteiger partial charge on any atom is 2.00 e. The Balaban J connectivity index is 0. The predicted molar refractivity (Wildman–Crippen MR) is 218 cm³/mol. The number of hydrogen-bond donors (Lipinski definition) is 2. The number of rotatable bonds is 8. The standard InChI is InChI=1S/C38H48N4.2CH4O.Cu.2NO3.H2O/c1-5-15-35(16-6-1)31-39-23-13-24-41(33-37-19-9-3-10-20-37)29-30-42(34-38-21-11-4-12-22-38)26-14-25-40(28-27-39)32-36-17-7-2-8-18-36;2*1-2;;2*2-1(3)4;/h1-12,15-22H,13-14,23-34H2;2*2H,1H3;;;;1H2/q;;;+2;2*-1;/p+1. The van der Waals surface area contributed by atoms with Gasteiger partial charge < -0.3 is 46.3 Å². The van der Waals surface area contributed by atoms with E-state index in [9.17, 15) is 0 Å². The third-order valence-electron chi connectivity index (χ3n) is 8.36. The summed E-state index contributed by atoms with van der Waals surface area (Å²) in [5, 5.41) is 43.5. The zero-order valence-corrected chi connectivity index (χ0v) is 33.3. The van der Waals surface area contributed by atoms with Gasteiger partial charge in [-0.2, -0.15) is 0 Å². The van der Waals surface area contributed by atoms with E-state index in [2.05, 4.69) is 141 Å². The molecule has 0 saturated carbocycles. The summed E-state index contributed by atoms with van der Waals surface area (Å²) in [6.45, 7) is 12.9. The third-order valence-corrected chi connectivity index (χ3v) is 8.36. The first kappa shape index (κ1) is 53.6. The largest absolute Gasteiger partial charge is 2.00 e. The molecule has 313 valence electrons. The average Bonchev–Trinajstić information content (AvgIpc) is 3.18. The van der Waals surface area contributed by atoms with Crippen molar-refractivity contribution in [2.45, 2.75) is 39.0 Å². The zero-order valence-electron chi connectivity index (χ0n) is 32.4. The van der Waals surface area contributed by atoms with Crippen LogP contribution in [0.1, 0.15) is 35.1 Å². The zero-order chi connectivity index (χ0) is 39.8. The Morgan fingerprint density at radius 3 is 0.732 bits per heavy atom. The summed E-state index contributed by atoms with van der Waals surface area (Å²) in [6, 6.07) is 44.0. The molecule has 4 aromatic carbocycles. The van der Waals surface area contributed by atoms with Crippen molar-refractivity contribution >= 4 is 0 Å². The Hall–Kier alpha value is -4.48. The number of aliphatic hydroxyl groups is 2. The monoisotopic (exact) mass is 830 g/mol. The van der Waals surface area contributed by atoms with Gasteiger partial charge >= 0.3 is 17.1 Å². The van der Waals surface area contributed by atoms with Crippen LogP contribution in [0.15, 0.2) is 121 Å². The van der Waals surface area contributed by atoms with E-state index in [1.807, 2.05) is 0 Å². The van der Waals surface area contributed by atoms with E-state index in [1.165, 1.54) is 35.1 Å². The molecule has 1 saturated heterocycles. The van der Waals surface area contributed by atoms with Gasteiger partial charge in [-0.05, 0) is 61.3 Å². The van der Waals surface area contributed by atoms with Crippen molar-refractivity contribution in [2.75, 3.05) is 66.6 Å². The van der Waals surface area contributed by atoms with Crippen LogP contribution >= 0.6 is 0 Å². The molecule has 1 fully saturated rings. The quantitative estimate of drug-likeness (QED) is 0.108. The molecule has 1 aliphatic heterocycles. The number of benzene rings is 4. The summed E-state index contributed by atoms with van der Waals surface area (Å²) < 4.78 is 0. The smallest absolute Gasteiger partial charge is 0.457 e. The SMILES string of the molecule is CO.CO.O=[N+]([O-])[O-].O=[N+]([O-])[O-].[Cu+2].[OH3+].c1ccc(CN2CCCN(Cc3ccccc3)CCN(Cc3ccccc3)CCCN(Cc3ccccc3)CC2)cc1. The van der Waals surface area contributed by atoms with E-state index in [4.69, 9.17) is 40.9 Å². The minimum atomic E-state index is -1.75. The van der Waals surface area contributed by atoms with Crippen molar-refractivity contribution in [1.29, 1.82) is 0 Å². The van der Waals surface area contributed by atoms with E-state index < -0.39 is 10.2 Å². The molecule has 15 nitrogen and oxygen atoms in total. The molecule has 5 rings (SSSR count). The molecule has 0 aromatic heterocycles. The first-order chi connectivity index (χ1) is 26.3. The second-order valence-electron chi connectivity index (χ2n) is 12.2. The maximum atomic E-state index is 8.25. The normalized spacial score (nSPS) is 14.2. The van der Waals surface area contributed by atoms with Crippen molar-refractivity contribution in [3.05, 3.63) is 174 Å². The van der Waals surface area contributed by atoms with Crippen molar-refractivity contribution < 1.29 is 42.9 Å². The molecular weight excluding hydrogens is 772 g/mol. The van der Waals surface area contributed by atoms with Crippen LogP contribution in [0.3, 0.4) is 0 Å². The molecule has 4 aromatic rings. The summed E-state index contributed by atoms with van der Waals surface area (Å²) in [5.74, 6) is 0. The summed E-state index contributed by atoms with van der Waals surface area (Å²) in [5.41, 5.74) is 5.63. The molecule has 0 bridgehead atoms. The molecule has 56 heavy (non-hydrogen) atoms. The van der Waals surface area contributed by atoms with E-state index in [1.54, 1.807) is 0 Å².